The fourth-order valence-electron chi connectivity index (χ4n) is 5.72. The Bertz CT molecular complexity index is 1220. The number of esters is 1. The van der Waals surface area contributed by atoms with Gasteiger partial charge in [0.05, 0.1) is 6.10 Å². The van der Waals surface area contributed by atoms with E-state index in [-0.39, 0.29) is 30.0 Å². The molecule has 6 rings (SSSR count). The number of anilines is 4. The molecule has 0 unspecified atom stereocenters. The Morgan fingerprint density at radius 1 is 0.769 bits per heavy atom. The highest BCUT2D eigenvalue weighted by Gasteiger charge is 2.23. The molecule has 0 bridgehead atoms. The maximum Gasteiger partial charge on any atom is 0.302 e. The fourth-order valence-corrected chi connectivity index (χ4v) is 5.72. The van der Waals surface area contributed by atoms with Crippen LogP contribution >= 0.6 is 0 Å². The number of rotatable bonds is 3. The van der Waals surface area contributed by atoms with Gasteiger partial charge in [0.25, 0.3) is 0 Å². The van der Waals surface area contributed by atoms with Gasteiger partial charge in [0.2, 0.25) is 11.8 Å². The molecular formula is C30H38N4O5. The number of aliphatic hydroxyl groups is 1. The highest BCUT2D eigenvalue weighted by molar-refractivity contribution is 5.95. The predicted molar refractivity (Wildman–Crippen MR) is 151 cm³/mol. The lowest BCUT2D eigenvalue weighted by molar-refractivity contribution is -0.147. The highest BCUT2D eigenvalue weighted by Crippen LogP contribution is 2.30. The van der Waals surface area contributed by atoms with E-state index < -0.39 is 0 Å². The van der Waals surface area contributed by atoms with Crippen molar-refractivity contribution in [3.8, 4) is 0 Å². The summed E-state index contributed by atoms with van der Waals surface area (Å²) < 4.78 is 5.26. The summed E-state index contributed by atoms with van der Waals surface area (Å²) in [5.74, 6) is 0.00626. The molecule has 4 heterocycles. The number of nitrogens with zero attached hydrogens (tertiary/aromatic N) is 2. The summed E-state index contributed by atoms with van der Waals surface area (Å²) in [5, 5.41) is 15.3. The number of aryl methyl sites for hydroxylation is 2. The monoisotopic (exact) mass is 534 g/mol. The molecule has 2 aromatic carbocycles. The molecule has 39 heavy (non-hydrogen) atoms. The zero-order valence-corrected chi connectivity index (χ0v) is 22.6. The first-order valence-corrected chi connectivity index (χ1v) is 14.0. The first-order chi connectivity index (χ1) is 18.8. The number of amides is 2. The normalized spacial score (nSPS) is 19.6. The van der Waals surface area contributed by atoms with Crippen molar-refractivity contribution >= 4 is 40.5 Å². The smallest absolute Gasteiger partial charge is 0.302 e. The van der Waals surface area contributed by atoms with E-state index >= 15 is 0 Å². The summed E-state index contributed by atoms with van der Waals surface area (Å²) in [4.78, 5) is 38.3. The minimum atomic E-state index is -0.196. The van der Waals surface area contributed by atoms with Crippen LogP contribution in [0.5, 0.6) is 0 Å². The van der Waals surface area contributed by atoms with Crippen LogP contribution in [0.2, 0.25) is 0 Å². The van der Waals surface area contributed by atoms with Gasteiger partial charge in [-0.25, -0.2) is 0 Å². The number of carbonyl (C=O) groups excluding carboxylic acids is 3. The molecule has 0 aromatic heterocycles. The predicted octanol–water partition coefficient (Wildman–Crippen LogP) is 3.64. The van der Waals surface area contributed by atoms with Gasteiger partial charge in [-0.1, -0.05) is 0 Å². The standard InChI is InChI=1S/C16H20N2O3.C14H18N2O2/c1-11(19)21-14-6-8-18(9-7-14)13-3-4-15-12(10-13)2-5-16(20)17-15;17-12-5-7-16(8-6-12)11-2-3-13-10(9-11)1-4-14(18)15-13/h3-4,10,14H,2,5-9H2,1H3,(H,17,20);2-3,9,12,17H,1,4-8H2,(H,15,18). The van der Waals surface area contributed by atoms with Crippen LogP contribution in [0.1, 0.15) is 56.6 Å². The Morgan fingerprint density at radius 2 is 1.23 bits per heavy atom. The van der Waals surface area contributed by atoms with Gasteiger partial charge in [0.15, 0.2) is 0 Å². The Labute approximate surface area is 229 Å². The van der Waals surface area contributed by atoms with E-state index in [4.69, 9.17) is 4.74 Å². The second-order valence-corrected chi connectivity index (χ2v) is 10.8. The van der Waals surface area contributed by atoms with E-state index in [1.54, 1.807) is 0 Å². The van der Waals surface area contributed by atoms with Crippen LogP contribution in [0.15, 0.2) is 36.4 Å². The summed E-state index contributed by atoms with van der Waals surface area (Å²) >= 11 is 0. The quantitative estimate of drug-likeness (QED) is 0.516. The third kappa shape index (κ3) is 6.89. The molecule has 2 aromatic rings. The topological polar surface area (TPSA) is 111 Å². The van der Waals surface area contributed by atoms with Gasteiger partial charge >= 0.3 is 5.97 Å². The van der Waals surface area contributed by atoms with Gasteiger partial charge in [-0.2, -0.15) is 0 Å². The van der Waals surface area contributed by atoms with Crippen LogP contribution in [-0.4, -0.2) is 61.3 Å². The number of piperidine rings is 2. The number of aliphatic hydroxyl groups excluding tert-OH is 1. The van der Waals surface area contributed by atoms with E-state index in [9.17, 15) is 19.5 Å². The lowest BCUT2D eigenvalue weighted by atomic mass is 10.0. The average molecular weight is 535 g/mol. The van der Waals surface area contributed by atoms with E-state index in [1.165, 1.54) is 29.4 Å². The lowest BCUT2D eigenvalue weighted by Crippen LogP contribution is -2.37. The van der Waals surface area contributed by atoms with Crippen molar-refractivity contribution in [2.75, 3.05) is 46.6 Å². The summed E-state index contributed by atoms with van der Waals surface area (Å²) in [6.07, 6.45) is 6.10. The van der Waals surface area contributed by atoms with Gasteiger partial charge in [-0.15, -0.1) is 0 Å². The van der Waals surface area contributed by atoms with Crippen molar-refractivity contribution in [2.45, 2.75) is 70.5 Å². The van der Waals surface area contributed by atoms with E-state index in [0.717, 1.165) is 76.1 Å². The number of fused-ring (bicyclic) bond motifs is 2. The fraction of sp³-hybridized carbons (Fsp3) is 0.500. The molecule has 4 aliphatic rings. The molecule has 9 nitrogen and oxygen atoms in total. The molecule has 2 fully saturated rings. The molecule has 4 aliphatic heterocycles. The lowest BCUT2D eigenvalue weighted by Gasteiger charge is -2.33. The second kappa shape index (κ2) is 12.1. The zero-order chi connectivity index (χ0) is 27.4. The summed E-state index contributed by atoms with van der Waals surface area (Å²) in [6.45, 7) is 5.06. The van der Waals surface area contributed by atoms with Crippen LogP contribution in [0.25, 0.3) is 0 Å². The maximum atomic E-state index is 11.4. The van der Waals surface area contributed by atoms with Gasteiger partial charge in [0, 0.05) is 81.5 Å². The Hall–Kier alpha value is -3.59. The minimum absolute atomic E-state index is 0.0515. The molecular weight excluding hydrogens is 496 g/mol. The van der Waals surface area contributed by atoms with Gasteiger partial charge in [-0.3, -0.25) is 14.4 Å². The van der Waals surface area contributed by atoms with Crippen LogP contribution in [-0.2, 0) is 32.0 Å². The van der Waals surface area contributed by atoms with Crippen LogP contribution in [0, 0.1) is 0 Å². The Balaban J connectivity index is 0.000000160. The molecule has 0 radical (unpaired) electrons. The molecule has 9 heteroatoms. The van der Waals surface area contributed by atoms with Gasteiger partial charge in [0.1, 0.15) is 6.10 Å². The van der Waals surface area contributed by atoms with E-state index in [0.29, 0.717) is 12.8 Å². The minimum Gasteiger partial charge on any atom is -0.462 e. The van der Waals surface area contributed by atoms with Crippen molar-refractivity contribution < 1.29 is 24.2 Å². The van der Waals surface area contributed by atoms with Gasteiger partial charge < -0.3 is 30.3 Å². The average Bonchev–Trinajstić information content (AvgIpc) is 2.93. The van der Waals surface area contributed by atoms with E-state index in [1.807, 2.05) is 12.1 Å². The maximum absolute atomic E-state index is 11.4. The number of hydrogen-bond acceptors (Lipinski definition) is 7. The van der Waals surface area contributed by atoms with Crippen LogP contribution < -0.4 is 20.4 Å². The zero-order valence-electron chi connectivity index (χ0n) is 22.6. The molecule has 2 saturated heterocycles. The van der Waals surface area contributed by atoms with E-state index in [2.05, 4.69) is 44.7 Å². The van der Waals surface area contributed by atoms with Crippen molar-refractivity contribution in [3.05, 3.63) is 47.5 Å². The molecule has 3 N–H and O–H groups in total. The summed E-state index contributed by atoms with van der Waals surface area (Å²) in [5.41, 5.74) is 6.70. The molecule has 0 aliphatic carbocycles. The first kappa shape index (κ1) is 27.0. The van der Waals surface area contributed by atoms with Gasteiger partial charge in [-0.05, 0) is 73.2 Å². The highest BCUT2D eigenvalue weighted by atomic mass is 16.5. The molecule has 0 saturated carbocycles. The third-order valence-electron chi connectivity index (χ3n) is 7.94. The van der Waals surface area contributed by atoms with Crippen LogP contribution in [0.3, 0.4) is 0 Å². The Morgan fingerprint density at radius 3 is 1.69 bits per heavy atom. The number of benzene rings is 2. The number of hydrogen-bond donors (Lipinski definition) is 3. The SMILES string of the molecule is CC(=O)OC1CCN(c2ccc3c(c2)CCC(=O)N3)CC1.O=C1CCc2cc(N3CCC(O)CC3)ccc2N1. The van der Waals surface area contributed by atoms with Crippen molar-refractivity contribution in [1.82, 2.24) is 0 Å². The third-order valence-corrected chi connectivity index (χ3v) is 7.94. The number of ether oxygens (including phenoxy) is 1. The number of carbonyl (C=O) groups is 3. The van der Waals surface area contributed by atoms with Crippen molar-refractivity contribution in [1.29, 1.82) is 0 Å². The molecule has 208 valence electrons. The Kier molecular flexibility index (Phi) is 8.35. The van der Waals surface area contributed by atoms with Crippen molar-refractivity contribution in [3.63, 3.8) is 0 Å². The molecule has 2 amide bonds. The number of nitrogens with one attached hydrogen (secondary N) is 2. The van der Waals surface area contributed by atoms with Crippen LogP contribution in [0.4, 0.5) is 22.7 Å². The molecule has 0 spiro atoms. The second-order valence-electron chi connectivity index (χ2n) is 10.8. The summed E-state index contributed by atoms with van der Waals surface area (Å²) in [7, 11) is 0. The largest absolute Gasteiger partial charge is 0.462 e. The van der Waals surface area contributed by atoms with Crippen molar-refractivity contribution in [2.24, 2.45) is 0 Å². The molecule has 0 atom stereocenters. The first-order valence-electron chi connectivity index (χ1n) is 14.0. The summed E-state index contributed by atoms with van der Waals surface area (Å²) in [6, 6.07) is 12.4.